The van der Waals surface area contributed by atoms with Crippen molar-refractivity contribution in [1.82, 2.24) is 5.32 Å². The van der Waals surface area contributed by atoms with Crippen LogP contribution < -0.4 is 20.5 Å². The zero-order valence-corrected chi connectivity index (χ0v) is 15.0. The number of halogens is 1. The molecule has 21 heavy (non-hydrogen) atoms. The summed E-state index contributed by atoms with van der Waals surface area (Å²) in [5.74, 6) is 1.83. The van der Waals surface area contributed by atoms with Gasteiger partial charge in [0.2, 0.25) is 0 Å². The number of rotatable bonds is 8. The van der Waals surface area contributed by atoms with Crippen LogP contribution in [0.15, 0.2) is 23.2 Å². The first-order valence-corrected chi connectivity index (χ1v) is 6.53. The summed E-state index contributed by atoms with van der Waals surface area (Å²) in [7, 11) is 3.26. The maximum absolute atomic E-state index is 5.74. The Balaban J connectivity index is 0.00000400. The predicted octanol–water partition coefficient (Wildman–Crippen LogP) is 1.76. The van der Waals surface area contributed by atoms with Gasteiger partial charge in [-0.3, -0.25) is 0 Å². The largest absolute Gasteiger partial charge is 0.493 e. The molecule has 0 aromatic heterocycles. The Hall–Kier alpha value is -1.22. The van der Waals surface area contributed by atoms with Crippen molar-refractivity contribution >= 4 is 29.9 Å². The summed E-state index contributed by atoms with van der Waals surface area (Å²) in [6, 6.07) is 5.71. The Labute approximate surface area is 143 Å². The number of benzene rings is 1. The van der Waals surface area contributed by atoms with Crippen LogP contribution in [0, 0.1) is 0 Å². The highest BCUT2D eigenvalue weighted by molar-refractivity contribution is 14.0. The molecule has 1 aromatic rings. The molecule has 0 fully saturated rings. The lowest BCUT2D eigenvalue weighted by atomic mass is 10.2. The zero-order valence-electron chi connectivity index (χ0n) is 12.7. The molecule has 0 aliphatic carbocycles. The van der Waals surface area contributed by atoms with E-state index in [2.05, 4.69) is 10.3 Å². The van der Waals surface area contributed by atoms with Crippen molar-refractivity contribution < 1.29 is 14.2 Å². The Kier molecular flexibility index (Phi) is 10.8. The fraction of sp³-hybridized carbons (Fsp3) is 0.500. The predicted molar refractivity (Wildman–Crippen MR) is 94.8 cm³/mol. The number of aliphatic imine (C=N–C) groups is 1. The van der Waals surface area contributed by atoms with Crippen molar-refractivity contribution in [3.05, 3.63) is 23.8 Å². The van der Waals surface area contributed by atoms with Crippen LogP contribution >= 0.6 is 24.0 Å². The fourth-order valence-corrected chi connectivity index (χ4v) is 1.60. The van der Waals surface area contributed by atoms with Crippen LogP contribution in [0.5, 0.6) is 11.5 Å². The number of hydrogen-bond acceptors (Lipinski definition) is 4. The number of guanidine groups is 1. The maximum atomic E-state index is 5.74. The van der Waals surface area contributed by atoms with E-state index in [0.29, 0.717) is 43.8 Å². The summed E-state index contributed by atoms with van der Waals surface area (Å²) in [6.45, 7) is 4.23. The molecule has 0 amide bonds. The van der Waals surface area contributed by atoms with Gasteiger partial charge in [0, 0.05) is 13.7 Å². The van der Waals surface area contributed by atoms with E-state index in [9.17, 15) is 0 Å². The molecule has 0 saturated carbocycles. The maximum Gasteiger partial charge on any atom is 0.188 e. The molecular weight excluding hydrogens is 385 g/mol. The van der Waals surface area contributed by atoms with Gasteiger partial charge in [-0.2, -0.15) is 0 Å². The molecule has 6 nitrogen and oxygen atoms in total. The lowest BCUT2D eigenvalue weighted by Crippen LogP contribution is -2.34. The van der Waals surface area contributed by atoms with Gasteiger partial charge in [0.15, 0.2) is 17.5 Å². The summed E-state index contributed by atoms with van der Waals surface area (Å²) >= 11 is 0. The second-order valence-electron chi connectivity index (χ2n) is 4.04. The number of nitrogens with zero attached hydrogens (tertiary/aromatic N) is 1. The summed E-state index contributed by atoms with van der Waals surface area (Å²) in [6.07, 6.45) is 0. The summed E-state index contributed by atoms with van der Waals surface area (Å²) in [4.78, 5) is 4.25. The number of hydrogen-bond donors (Lipinski definition) is 2. The zero-order chi connectivity index (χ0) is 14.8. The molecule has 0 atom stereocenters. The third-order valence-corrected chi connectivity index (χ3v) is 2.57. The van der Waals surface area contributed by atoms with E-state index in [0.717, 1.165) is 5.56 Å². The van der Waals surface area contributed by atoms with E-state index in [-0.39, 0.29) is 24.0 Å². The van der Waals surface area contributed by atoms with Gasteiger partial charge in [0.1, 0.15) is 0 Å². The topological polar surface area (TPSA) is 78.1 Å². The van der Waals surface area contributed by atoms with Gasteiger partial charge < -0.3 is 25.3 Å². The van der Waals surface area contributed by atoms with Crippen molar-refractivity contribution in [2.75, 3.05) is 34.0 Å². The molecule has 1 aromatic carbocycles. The molecule has 0 spiro atoms. The van der Waals surface area contributed by atoms with Gasteiger partial charge in [0.05, 0.1) is 26.9 Å². The van der Waals surface area contributed by atoms with Gasteiger partial charge in [-0.05, 0) is 24.6 Å². The van der Waals surface area contributed by atoms with E-state index < -0.39 is 0 Å². The third-order valence-electron chi connectivity index (χ3n) is 2.57. The average molecular weight is 409 g/mol. The lowest BCUT2D eigenvalue weighted by molar-refractivity contribution is 0.204. The first-order valence-electron chi connectivity index (χ1n) is 6.53. The van der Waals surface area contributed by atoms with Crippen molar-refractivity contribution in [2.24, 2.45) is 10.7 Å². The molecule has 120 valence electrons. The molecule has 7 heteroatoms. The fourth-order valence-electron chi connectivity index (χ4n) is 1.60. The van der Waals surface area contributed by atoms with Crippen LogP contribution in [-0.4, -0.2) is 39.9 Å². The minimum Gasteiger partial charge on any atom is -0.493 e. The van der Waals surface area contributed by atoms with E-state index in [1.54, 1.807) is 14.2 Å². The molecule has 3 N–H and O–H groups in total. The first kappa shape index (κ1) is 19.8. The molecule has 0 bridgehead atoms. The minimum atomic E-state index is 0. The normalized spacial score (nSPS) is 10.7. The third kappa shape index (κ3) is 7.37. The van der Waals surface area contributed by atoms with Gasteiger partial charge in [-0.1, -0.05) is 6.07 Å². The highest BCUT2D eigenvalue weighted by Gasteiger charge is 2.05. The van der Waals surface area contributed by atoms with Crippen molar-refractivity contribution in [3.63, 3.8) is 0 Å². The second-order valence-corrected chi connectivity index (χ2v) is 4.04. The smallest absolute Gasteiger partial charge is 0.188 e. The molecule has 1 rings (SSSR count). The van der Waals surface area contributed by atoms with E-state index in [1.807, 2.05) is 25.1 Å². The molecule has 0 unspecified atom stereocenters. The quantitative estimate of drug-likeness (QED) is 0.296. The highest BCUT2D eigenvalue weighted by Crippen LogP contribution is 2.28. The van der Waals surface area contributed by atoms with E-state index in [4.69, 9.17) is 19.9 Å². The summed E-state index contributed by atoms with van der Waals surface area (Å²) in [5, 5.41) is 2.96. The molecule has 0 radical (unpaired) electrons. The van der Waals surface area contributed by atoms with Gasteiger partial charge in [0.25, 0.3) is 0 Å². The minimum absolute atomic E-state index is 0. The van der Waals surface area contributed by atoms with Crippen LogP contribution in [0.1, 0.15) is 12.5 Å². The molecule has 0 aliphatic heterocycles. The Morgan fingerprint density at radius 3 is 2.67 bits per heavy atom. The van der Waals surface area contributed by atoms with Crippen LogP contribution in [-0.2, 0) is 11.3 Å². The van der Waals surface area contributed by atoms with Crippen LogP contribution in [0.2, 0.25) is 0 Å². The first-order chi connectivity index (χ1) is 9.71. The van der Waals surface area contributed by atoms with Crippen LogP contribution in [0.4, 0.5) is 0 Å². The second kappa shape index (κ2) is 11.4. The Bertz CT molecular complexity index is 441. The molecule has 0 saturated heterocycles. The number of methoxy groups -OCH3 is 2. The number of nitrogens with two attached hydrogens (primary N) is 1. The monoisotopic (exact) mass is 409 g/mol. The standard InChI is InChI=1S/C14H23N3O3.HI/c1-4-20-13-9-11(5-6-12(13)19-3)10-17-14(15)16-7-8-18-2;/h5-6,9H,4,7-8,10H2,1-3H3,(H3,15,16,17);1H. The van der Waals surface area contributed by atoms with Gasteiger partial charge in [-0.15, -0.1) is 24.0 Å². The Morgan fingerprint density at radius 1 is 1.29 bits per heavy atom. The highest BCUT2D eigenvalue weighted by atomic mass is 127. The number of nitrogens with one attached hydrogen (secondary N) is 1. The van der Waals surface area contributed by atoms with Crippen molar-refractivity contribution in [1.29, 1.82) is 0 Å². The lowest BCUT2D eigenvalue weighted by Gasteiger charge is -2.10. The molecular formula is C14H24IN3O3. The van der Waals surface area contributed by atoms with Crippen molar-refractivity contribution in [3.8, 4) is 11.5 Å². The molecule has 0 aliphatic rings. The number of ether oxygens (including phenoxy) is 3. The van der Waals surface area contributed by atoms with Gasteiger partial charge >= 0.3 is 0 Å². The van der Waals surface area contributed by atoms with E-state index >= 15 is 0 Å². The Morgan fingerprint density at radius 2 is 2.05 bits per heavy atom. The van der Waals surface area contributed by atoms with Gasteiger partial charge in [-0.25, -0.2) is 4.99 Å². The van der Waals surface area contributed by atoms with Crippen molar-refractivity contribution in [2.45, 2.75) is 13.5 Å². The summed E-state index contributed by atoms with van der Waals surface area (Å²) < 4.78 is 15.7. The molecule has 0 heterocycles. The summed E-state index contributed by atoms with van der Waals surface area (Å²) in [5.41, 5.74) is 6.75. The van der Waals surface area contributed by atoms with E-state index in [1.165, 1.54) is 0 Å². The van der Waals surface area contributed by atoms with Crippen LogP contribution in [0.3, 0.4) is 0 Å². The average Bonchev–Trinajstić information content (AvgIpc) is 2.46. The van der Waals surface area contributed by atoms with Crippen LogP contribution in [0.25, 0.3) is 0 Å². The SMILES string of the molecule is CCOc1cc(CN=C(N)NCCOC)ccc1OC.I.